The number of piperidine rings is 1. The van der Waals surface area contributed by atoms with Gasteiger partial charge in [-0.3, -0.25) is 9.59 Å². The molecular weight excluding hydrogens is 386 g/mol. The van der Waals surface area contributed by atoms with Gasteiger partial charge in [0.25, 0.3) is 11.8 Å². The Morgan fingerprint density at radius 1 is 0.903 bits per heavy atom. The second-order valence-electron chi connectivity index (χ2n) is 9.81. The van der Waals surface area contributed by atoms with Crippen LogP contribution in [-0.2, 0) is 5.41 Å². The van der Waals surface area contributed by atoms with Crippen LogP contribution in [0.2, 0.25) is 0 Å². The molecule has 1 saturated carbocycles. The molecule has 2 aliphatic rings. The zero-order valence-electron chi connectivity index (χ0n) is 18.8. The molecule has 5 heteroatoms. The topological polar surface area (TPSA) is 61.4 Å². The molecule has 0 unspecified atom stereocenters. The van der Waals surface area contributed by atoms with Crippen LogP contribution in [0.5, 0.6) is 0 Å². The number of anilines is 2. The third-order valence-electron chi connectivity index (χ3n) is 6.12. The Morgan fingerprint density at radius 2 is 1.58 bits per heavy atom. The first-order valence-electron chi connectivity index (χ1n) is 11.4. The molecule has 2 N–H and O–H groups in total. The predicted octanol–water partition coefficient (Wildman–Crippen LogP) is 5.12. The van der Waals surface area contributed by atoms with E-state index in [1.807, 2.05) is 42.5 Å². The van der Waals surface area contributed by atoms with Gasteiger partial charge < -0.3 is 15.5 Å². The summed E-state index contributed by atoms with van der Waals surface area (Å²) in [7, 11) is 0. The molecule has 0 bridgehead atoms. The van der Waals surface area contributed by atoms with Crippen LogP contribution in [0.25, 0.3) is 0 Å². The summed E-state index contributed by atoms with van der Waals surface area (Å²) in [6.45, 7) is 8.39. The molecule has 0 aromatic heterocycles. The normalized spacial score (nSPS) is 16.7. The quantitative estimate of drug-likeness (QED) is 0.707. The largest absolute Gasteiger partial charge is 0.371 e. The van der Waals surface area contributed by atoms with Gasteiger partial charge in [0, 0.05) is 36.1 Å². The van der Waals surface area contributed by atoms with Crippen molar-refractivity contribution in [2.75, 3.05) is 23.3 Å². The Bertz CT molecular complexity index is 950. The number of nitrogens with zero attached hydrogens (tertiary/aromatic N) is 1. The number of carbonyl (C=O) groups excluding carboxylic acids is 2. The van der Waals surface area contributed by atoms with Gasteiger partial charge in [-0.2, -0.15) is 0 Å². The summed E-state index contributed by atoms with van der Waals surface area (Å²) < 4.78 is 0. The fourth-order valence-electron chi connectivity index (χ4n) is 4.02. The summed E-state index contributed by atoms with van der Waals surface area (Å²) in [5.74, 6) is -0.214. The number of carbonyl (C=O) groups is 2. The van der Waals surface area contributed by atoms with Gasteiger partial charge in [-0.1, -0.05) is 32.9 Å². The average Bonchev–Trinajstić information content (AvgIpc) is 3.58. The first kappa shape index (κ1) is 21.4. The summed E-state index contributed by atoms with van der Waals surface area (Å²) in [4.78, 5) is 28.0. The molecule has 1 saturated heterocycles. The first-order valence-corrected chi connectivity index (χ1v) is 11.4. The van der Waals surface area contributed by atoms with Crippen molar-refractivity contribution >= 4 is 23.2 Å². The van der Waals surface area contributed by atoms with Crippen molar-refractivity contribution in [2.24, 2.45) is 0 Å². The third kappa shape index (κ3) is 5.27. The van der Waals surface area contributed by atoms with Gasteiger partial charge in [0.15, 0.2) is 0 Å². The van der Waals surface area contributed by atoms with Crippen molar-refractivity contribution in [1.82, 2.24) is 5.32 Å². The van der Waals surface area contributed by atoms with Crippen molar-refractivity contribution in [3.8, 4) is 0 Å². The van der Waals surface area contributed by atoms with Gasteiger partial charge in [-0.05, 0) is 73.4 Å². The first-order chi connectivity index (χ1) is 14.8. The lowest BCUT2D eigenvalue weighted by Gasteiger charge is -2.30. The van der Waals surface area contributed by atoms with E-state index in [1.54, 1.807) is 0 Å². The molecular formula is C26H33N3O2. The standard InChI is InChI=1S/C26H33N3O2/c1-26(2,3)19-9-7-18(8-10-19)24(30)28-21-13-14-23(29-15-5-4-6-16-29)22(17-21)25(31)27-20-11-12-20/h7-10,13-14,17,20H,4-6,11-12,15-16H2,1-3H3,(H,27,31)(H,28,30). The number of benzene rings is 2. The lowest BCUT2D eigenvalue weighted by atomic mass is 9.87. The molecule has 2 amide bonds. The fourth-order valence-corrected chi connectivity index (χ4v) is 4.02. The van der Waals surface area contributed by atoms with Gasteiger partial charge in [0.2, 0.25) is 0 Å². The van der Waals surface area contributed by atoms with E-state index in [2.05, 4.69) is 36.3 Å². The summed E-state index contributed by atoms with van der Waals surface area (Å²) in [6, 6.07) is 13.7. The van der Waals surface area contributed by atoms with Crippen LogP contribution in [0, 0.1) is 0 Å². The monoisotopic (exact) mass is 419 g/mol. The van der Waals surface area contributed by atoms with Crippen LogP contribution < -0.4 is 15.5 Å². The Hall–Kier alpha value is -2.82. The molecule has 0 atom stereocenters. The highest BCUT2D eigenvalue weighted by Crippen LogP contribution is 2.29. The summed E-state index contributed by atoms with van der Waals surface area (Å²) in [5, 5.41) is 6.08. The molecule has 2 fully saturated rings. The van der Waals surface area contributed by atoms with Crippen molar-refractivity contribution in [3.63, 3.8) is 0 Å². The number of hydrogen-bond acceptors (Lipinski definition) is 3. The maximum Gasteiger partial charge on any atom is 0.255 e. The van der Waals surface area contributed by atoms with E-state index in [9.17, 15) is 9.59 Å². The molecule has 2 aromatic carbocycles. The van der Waals surface area contributed by atoms with Crippen molar-refractivity contribution in [2.45, 2.75) is 64.3 Å². The molecule has 164 valence electrons. The van der Waals surface area contributed by atoms with E-state index in [0.29, 0.717) is 22.9 Å². The van der Waals surface area contributed by atoms with Crippen LogP contribution in [0.1, 0.15) is 79.2 Å². The summed E-state index contributed by atoms with van der Waals surface area (Å²) in [6.07, 6.45) is 5.62. The minimum atomic E-state index is -0.167. The zero-order valence-corrected chi connectivity index (χ0v) is 18.8. The summed E-state index contributed by atoms with van der Waals surface area (Å²) >= 11 is 0. The molecule has 1 heterocycles. The minimum absolute atomic E-state index is 0.0448. The lowest BCUT2D eigenvalue weighted by Crippen LogP contribution is -2.33. The average molecular weight is 420 g/mol. The Balaban J connectivity index is 1.54. The Labute approximate surface area is 185 Å². The van der Waals surface area contributed by atoms with Crippen LogP contribution in [0.3, 0.4) is 0 Å². The van der Waals surface area contributed by atoms with E-state index >= 15 is 0 Å². The van der Waals surface area contributed by atoms with Crippen LogP contribution in [0.4, 0.5) is 11.4 Å². The molecule has 5 nitrogen and oxygen atoms in total. The van der Waals surface area contributed by atoms with E-state index in [-0.39, 0.29) is 17.2 Å². The molecule has 2 aromatic rings. The maximum atomic E-state index is 12.9. The molecule has 0 spiro atoms. The SMILES string of the molecule is CC(C)(C)c1ccc(C(=O)Nc2ccc(N3CCCCC3)c(C(=O)NC3CC3)c2)cc1. The van der Waals surface area contributed by atoms with Gasteiger partial charge >= 0.3 is 0 Å². The smallest absolute Gasteiger partial charge is 0.255 e. The molecule has 0 radical (unpaired) electrons. The van der Waals surface area contributed by atoms with E-state index in [0.717, 1.165) is 44.5 Å². The second kappa shape index (κ2) is 8.74. The lowest BCUT2D eigenvalue weighted by molar-refractivity contribution is 0.0950. The van der Waals surface area contributed by atoms with Gasteiger partial charge in [0.1, 0.15) is 0 Å². The molecule has 1 aliphatic heterocycles. The highest BCUT2D eigenvalue weighted by Gasteiger charge is 2.26. The number of amides is 2. The van der Waals surface area contributed by atoms with E-state index < -0.39 is 0 Å². The predicted molar refractivity (Wildman–Crippen MR) is 126 cm³/mol. The van der Waals surface area contributed by atoms with Crippen molar-refractivity contribution < 1.29 is 9.59 Å². The Morgan fingerprint density at radius 3 is 2.19 bits per heavy atom. The second-order valence-corrected chi connectivity index (χ2v) is 9.81. The van der Waals surface area contributed by atoms with E-state index in [1.165, 1.54) is 12.0 Å². The summed E-state index contributed by atoms with van der Waals surface area (Å²) in [5.41, 5.74) is 4.10. The maximum absolute atomic E-state index is 12.9. The van der Waals surface area contributed by atoms with Gasteiger partial charge in [-0.25, -0.2) is 0 Å². The van der Waals surface area contributed by atoms with Gasteiger partial charge in [0.05, 0.1) is 5.56 Å². The number of hydrogen-bond donors (Lipinski definition) is 2. The van der Waals surface area contributed by atoms with Crippen LogP contribution in [0.15, 0.2) is 42.5 Å². The minimum Gasteiger partial charge on any atom is -0.371 e. The number of rotatable bonds is 5. The van der Waals surface area contributed by atoms with E-state index in [4.69, 9.17) is 0 Å². The van der Waals surface area contributed by atoms with Crippen LogP contribution >= 0.6 is 0 Å². The van der Waals surface area contributed by atoms with Gasteiger partial charge in [-0.15, -0.1) is 0 Å². The molecule has 31 heavy (non-hydrogen) atoms. The highest BCUT2D eigenvalue weighted by molar-refractivity contribution is 6.06. The van der Waals surface area contributed by atoms with Crippen LogP contribution in [-0.4, -0.2) is 30.9 Å². The Kier molecular flexibility index (Phi) is 6.03. The zero-order chi connectivity index (χ0) is 22.0. The highest BCUT2D eigenvalue weighted by atomic mass is 16.2. The fraction of sp³-hybridized carbons (Fsp3) is 0.462. The molecule has 1 aliphatic carbocycles. The molecule has 4 rings (SSSR count). The van der Waals surface area contributed by atoms with Crippen molar-refractivity contribution in [1.29, 1.82) is 0 Å². The third-order valence-corrected chi connectivity index (χ3v) is 6.12. The van der Waals surface area contributed by atoms with Crippen molar-refractivity contribution in [3.05, 3.63) is 59.2 Å². The number of nitrogens with one attached hydrogen (secondary N) is 2.